The van der Waals surface area contributed by atoms with Gasteiger partial charge in [0, 0.05) is 38.8 Å². The van der Waals surface area contributed by atoms with Crippen molar-refractivity contribution in [2.45, 2.75) is 38.3 Å². The number of aromatic nitrogens is 2. The second-order valence-electron chi connectivity index (χ2n) is 6.49. The van der Waals surface area contributed by atoms with Gasteiger partial charge in [0.15, 0.2) is 0 Å². The molecule has 1 amide bonds. The number of carbonyl (C=O) groups is 1. The summed E-state index contributed by atoms with van der Waals surface area (Å²) in [4.78, 5) is 17.0. The molecule has 0 aliphatic carbocycles. The summed E-state index contributed by atoms with van der Waals surface area (Å²) in [6.45, 7) is 5.41. The van der Waals surface area contributed by atoms with Crippen LogP contribution in [0.4, 0.5) is 0 Å². The Morgan fingerprint density at radius 1 is 1.41 bits per heavy atom. The molecule has 0 aromatic carbocycles. The number of likely N-dealkylation sites (N-methyl/N-ethyl adjacent to an activating group) is 1. The molecule has 22 heavy (non-hydrogen) atoms. The predicted octanol–water partition coefficient (Wildman–Crippen LogP) is 0.593. The number of piperidine rings is 1. The summed E-state index contributed by atoms with van der Waals surface area (Å²) >= 11 is 0. The van der Waals surface area contributed by atoms with Gasteiger partial charge in [0.1, 0.15) is 0 Å². The molecule has 1 aromatic rings. The molecule has 3 heterocycles. The maximum atomic E-state index is 12.7. The van der Waals surface area contributed by atoms with Gasteiger partial charge in [-0.05, 0) is 32.4 Å². The van der Waals surface area contributed by atoms with Crippen LogP contribution in [0.15, 0.2) is 6.20 Å². The number of aryl methyl sites for hydroxylation is 2. The quantitative estimate of drug-likeness (QED) is 0.820. The lowest BCUT2D eigenvalue weighted by molar-refractivity contribution is -0.151. The first-order valence-electron chi connectivity index (χ1n) is 8.13. The van der Waals surface area contributed by atoms with Crippen molar-refractivity contribution in [3.05, 3.63) is 17.5 Å². The van der Waals surface area contributed by atoms with Gasteiger partial charge in [-0.2, -0.15) is 5.10 Å². The number of likely N-dealkylation sites (tertiary alicyclic amines) is 1. The molecule has 6 heteroatoms. The summed E-state index contributed by atoms with van der Waals surface area (Å²) in [5, 5.41) is 4.25. The molecule has 3 rings (SSSR count). The van der Waals surface area contributed by atoms with Crippen LogP contribution in [-0.4, -0.2) is 70.9 Å². The van der Waals surface area contributed by atoms with E-state index in [4.69, 9.17) is 4.74 Å². The second kappa shape index (κ2) is 6.38. The first-order valence-corrected chi connectivity index (χ1v) is 8.13. The van der Waals surface area contributed by atoms with E-state index in [1.807, 2.05) is 24.9 Å². The van der Waals surface area contributed by atoms with Crippen molar-refractivity contribution >= 4 is 5.91 Å². The molecule has 2 saturated heterocycles. The normalized spacial score (nSPS) is 26.0. The van der Waals surface area contributed by atoms with Gasteiger partial charge >= 0.3 is 0 Å². The lowest BCUT2D eigenvalue weighted by Gasteiger charge is -2.46. The number of hydrogen-bond acceptors (Lipinski definition) is 4. The fraction of sp³-hybridized carbons (Fsp3) is 0.750. The molecule has 2 atom stereocenters. The van der Waals surface area contributed by atoms with Crippen molar-refractivity contribution in [1.29, 1.82) is 0 Å². The zero-order valence-electron chi connectivity index (χ0n) is 13.8. The monoisotopic (exact) mass is 306 g/mol. The van der Waals surface area contributed by atoms with Crippen LogP contribution in [0.25, 0.3) is 0 Å². The minimum absolute atomic E-state index is 0.217. The Hall–Kier alpha value is -1.40. The van der Waals surface area contributed by atoms with Crippen LogP contribution in [0.5, 0.6) is 0 Å². The molecule has 0 N–H and O–H groups in total. The predicted molar refractivity (Wildman–Crippen MR) is 83.6 cm³/mol. The van der Waals surface area contributed by atoms with Crippen LogP contribution in [0.3, 0.4) is 0 Å². The standard InChI is InChI=1S/C16H26N4O2/c1-12-13(10-17-19(12)3)4-5-16(21)20-8-9-22-15-6-7-18(2)11-14(15)20/h10,14-15H,4-9,11H2,1-3H3/t14-,15+/m0/s1. The molecule has 0 spiro atoms. The van der Waals surface area contributed by atoms with Crippen molar-refractivity contribution in [2.24, 2.45) is 7.05 Å². The van der Waals surface area contributed by atoms with Crippen molar-refractivity contribution < 1.29 is 9.53 Å². The molecule has 6 nitrogen and oxygen atoms in total. The maximum Gasteiger partial charge on any atom is 0.223 e. The Kier molecular flexibility index (Phi) is 4.49. The summed E-state index contributed by atoms with van der Waals surface area (Å²) in [6, 6.07) is 0.218. The minimum atomic E-state index is 0.217. The van der Waals surface area contributed by atoms with Gasteiger partial charge in [-0.25, -0.2) is 0 Å². The third-order valence-corrected chi connectivity index (χ3v) is 5.05. The Labute approximate surface area is 132 Å². The molecule has 2 fully saturated rings. The highest BCUT2D eigenvalue weighted by Gasteiger charge is 2.38. The van der Waals surface area contributed by atoms with E-state index in [0.29, 0.717) is 13.0 Å². The van der Waals surface area contributed by atoms with Crippen LogP contribution in [-0.2, 0) is 23.0 Å². The number of hydrogen-bond donors (Lipinski definition) is 0. The van der Waals surface area contributed by atoms with E-state index in [1.54, 1.807) is 0 Å². The van der Waals surface area contributed by atoms with E-state index in [0.717, 1.165) is 38.2 Å². The Balaban J connectivity index is 1.62. The molecule has 2 aliphatic heterocycles. The highest BCUT2D eigenvalue weighted by molar-refractivity contribution is 5.77. The Morgan fingerprint density at radius 2 is 2.23 bits per heavy atom. The second-order valence-corrected chi connectivity index (χ2v) is 6.49. The number of nitrogens with zero attached hydrogens (tertiary/aromatic N) is 4. The number of fused-ring (bicyclic) bond motifs is 1. The fourth-order valence-corrected chi connectivity index (χ4v) is 3.51. The largest absolute Gasteiger partial charge is 0.374 e. The zero-order valence-corrected chi connectivity index (χ0v) is 13.8. The van der Waals surface area contributed by atoms with Crippen LogP contribution in [0.1, 0.15) is 24.1 Å². The summed E-state index contributed by atoms with van der Waals surface area (Å²) in [5.74, 6) is 0.247. The summed E-state index contributed by atoms with van der Waals surface area (Å²) in [6.07, 6.45) is 4.43. The molecular formula is C16H26N4O2. The zero-order chi connectivity index (χ0) is 15.7. The van der Waals surface area contributed by atoms with Gasteiger partial charge < -0.3 is 14.5 Å². The number of rotatable bonds is 3. The smallest absolute Gasteiger partial charge is 0.223 e. The van der Waals surface area contributed by atoms with E-state index in [1.165, 1.54) is 5.56 Å². The van der Waals surface area contributed by atoms with Crippen LogP contribution < -0.4 is 0 Å². The summed E-state index contributed by atoms with van der Waals surface area (Å²) in [7, 11) is 4.05. The number of morpholine rings is 1. The topological polar surface area (TPSA) is 50.6 Å². The van der Waals surface area contributed by atoms with Gasteiger partial charge in [-0.3, -0.25) is 9.48 Å². The summed E-state index contributed by atoms with van der Waals surface area (Å²) in [5.41, 5.74) is 2.31. The molecule has 0 saturated carbocycles. The molecule has 0 bridgehead atoms. The van der Waals surface area contributed by atoms with Crippen LogP contribution in [0, 0.1) is 6.92 Å². The molecular weight excluding hydrogens is 280 g/mol. The Bertz CT molecular complexity index is 542. The minimum Gasteiger partial charge on any atom is -0.374 e. The third kappa shape index (κ3) is 3.03. The van der Waals surface area contributed by atoms with Gasteiger partial charge in [0.25, 0.3) is 0 Å². The van der Waals surface area contributed by atoms with Gasteiger partial charge in [-0.15, -0.1) is 0 Å². The van der Waals surface area contributed by atoms with E-state index in [9.17, 15) is 4.79 Å². The highest BCUT2D eigenvalue weighted by atomic mass is 16.5. The molecule has 122 valence electrons. The number of carbonyl (C=O) groups excluding carboxylic acids is 1. The lowest BCUT2D eigenvalue weighted by atomic mass is 9.98. The number of amides is 1. The van der Waals surface area contributed by atoms with E-state index in [-0.39, 0.29) is 18.1 Å². The molecule has 0 radical (unpaired) electrons. The van der Waals surface area contributed by atoms with E-state index in [2.05, 4.69) is 21.9 Å². The first kappa shape index (κ1) is 15.5. The van der Waals surface area contributed by atoms with Crippen molar-refractivity contribution in [1.82, 2.24) is 19.6 Å². The summed E-state index contributed by atoms with van der Waals surface area (Å²) < 4.78 is 7.72. The third-order valence-electron chi connectivity index (χ3n) is 5.05. The average Bonchev–Trinajstić information content (AvgIpc) is 2.83. The van der Waals surface area contributed by atoms with Crippen molar-refractivity contribution in [3.63, 3.8) is 0 Å². The number of ether oxygens (including phenoxy) is 1. The first-order chi connectivity index (χ1) is 10.6. The van der Waals surface area contributed by atoms with Gasteiger partial charge in [-0.1, -0.05) is 0 Å². The van der Waals surface area contributed by atoms with Crippen molar-refractivity contribution in [3.8, 4) is 0 Å². The van der Waals surface area contributed by atoms with Gasteiger partial charge in [0.05, 0.1) is 24.9 Å². The fourth-order valence-electron chi connectivity index (χ4n) is 3.51. The lowest BCUT2D eigenvalue weighted by Crippen LogP contribution is -2.60. The molecule has 2 aliphatic rings. The molecule has 0 unspecified atom stereocenters. The van der Waals surface area contributed by atoms with Crippen LogP contribution >= 0.6 is 0 Å². The SMILES string of the molecule is Cc1c(CCC(=O)N2CCO[C@@H]3CCN(C)C[C@@H]32)cnn1C. The van der Waals surface area contributed by atoms with E-state index < -0.39 is 0 Å². The maximum absolute atomic E-state index is 12.7. The van der Waals surface area contributed by atoms with Gasteiger partial charge in [0.2, 0.25) is 5.91 Å². The van der Waals surface area contributed by atoms with Crippen molar-refractivity contribution in [2.75, 3.05) is 33.3 Å². The highest BCUT2D eigenvalue weighted by Crippen LogP contribution is 2.23. The Morgan fingerprint density at radius 3 is 2.95 bits per heavy atom. The average molecular weight is 306 g/mol. The molecule has 1 aromatic heterocycles. The van der Waals surface area contributed by atoms with E-state index >= 15 is 0 Å². The van der Waals surface area contributed by atoms with Crippen LogP contribution in [0.2, 0.25) is 0 Å².